The van der Waals surface area contributed by atoms with Crippen molar-refractivity contribution in [3.05, 3.63) is 71.8 Å². The molecule has 0 unspecified atom stereocenters. The van der Waals surface area contributed by atoms with Gasteiger partial charge in [-0.15, -0.1) is 0 Å². The van der Waals surface area contributed by atoms with Gasteiger partial charge in [-0.3, -0.25) is 4.79 Å². The van der Waals surface area contributed by atoms with Gasteiger partial charge in [0.05, 0.1) is 13.5 Å². The zero-order valence-corrected chi connectivity index (χ0v) is 15.0. The number of carbonyl (C=O) groups excluding carboxylic acids is 2. The van der Waals surface area contributed by atoms with Crippen molar-refractivity contribution in [2.45, 2.75) is 13.0 Å². The predicted molar refractivity (Wildman–Crippen MR) is 106 cm³/mol. The molecule has 0 aliphatic heterocycles. The quantitative estimate of drug-likeness (QED) is 0.628. The van der Waals surface area contributed by atoms with Crippen LogP contribution in [0.5, 0.6) is 5.75 Å². The number of nitrogens with one attached hydrogen (secondary N) is 2. The molecule has 3 aromatic rings. The lowest BCUT2D eigenvalue weighted by atomic mass is 10.1. The number of anilines is 1. The lowest BCUT2D eigenvalue weighted by molar-refractivity contribution is -0.117. The number of hydrogen-bond donors (Lipinski definition) is 3. The van der Waals surface area contributed by atoms with Crippen molar-refractivity contribution in [2.24, 2.45) is 5.73 Å². The highest BCUT2D eigenvalue weighted by Crippen LogP contribution is 2.22. The fourth-order valence-corrected chi connectivity index (χ4v) is 2.84. The van der Waals surface area contributed by atoms with E-state index in [1.54, 1.807) is 31.4 Å². The molecule has 0 spiro atoms. The third-order valence-corrected chi connectivity index (χ3v) is 4.20. The van der Waals surface area contributed by atoms with Crippen molar-refractivity contribution in [3.63, 3.8) is 0 Å². The third kappa shape index (κ3) is 4.76. The first kappa shape index (κ1) is 18.3. The number of hydrogen-bond acceptors (Lipinski definition) is 3. The molecule has 4 N–H and O–H groups in total. The van der Waals surface area contributed by atoms with E-state index in [0.29, 0.717) is 17.8 Å². The number of benzene rings is 3. The van der Waals surface area contributed by atoms with E-state index in [-0.39, 0.29) is 12.5 Å². The molecule has 0 saturated heterocycles. The van der Waals surface area contributed by atoms with Gasteiger partial charge in [0.15, 0.2) is 0 Å². The number of nitrogens with two attached hydrogens (primary N) is 1. The van der Waals surface area contributed by atoms with E-state index in [1.165, 1.54) is 0 Å². The molecule has 0 bridgehead atoms. The van der Waals surface area contributed by atoms with Crippen LogP contribution in [0.3, 0.4) is 0 Å². The van der Waals surface area contributed by atoms with Gasteiger partial charge < -0.3 is 21.1 Å². The monoisotopic (exact) mass is 363 g/mol. The van der Waals surface area contributed by atoms with Gasteiger partial charge in [-0.2, -0.15) is 0 Å². The lowest BCUT2D eigenvalue weighted by Crippen LogP contribution is -2.29. The summed E-state index contributed by atoms with van der Waals surface area (Å²) in [5.41, 5.74) is 7.48. The van der Waals surface area contributed by atoms with Crippen molar-refractivity contribution in [3.8, 4) is 5.75 Å². The Labute approximate surface area is 157 Å². The fraction of sp³-hybridized carbons (Fsp3) is 0.143. The Bertz CT molecular complexity index is 985. The first-order chi connectivity index (χ1) is 13.0. The van der Waals surface area contributed by atoms with Gasteiger partial charge >= 0.3 is 6.03 Å². The highest BCUT2D eigenvalue weighted by molar-refractivity contribution is 5.91. The minimum absolute atomic E-state index is 0.0740. The Morgan fingerprint density at radius 2 is 1.74 bits per heavy atom. The molecular weight excluding hydrogens is 342 g/mol. The molecule has 0 heterocycles. The van der Waals surface area contributed by atoms with Crippen molar-refractivity contribution < 1.29 is 14.3 Å². The number of amides is 3. The molecule has 3 aromatic carbocycles. The highest BCUT2D eigenvalue weighted by atomic mass is 16.5. The smallest absolute Gasteiger partial charge is 0.319 e. The summed E-state index contributed by atoms with van der Waals surface area (Å²) >= 11 is 0. The van der Waals surface area contributed by atoms with Crippen molar-refractivity contribution in [1.29, 1.82) is 0 Å². The van der Waals surface area contributed by atoms with E-state index in [0.717, 1.165) is 22.1 Å². The second-order valence-electron chi connectivity index (χ2n) is 6.16. The second-order valence-corrected chi connectivity index (χ2v) is 6.16. The molecule has 0 fully saturated rings. The standard InChI is InChI=1S/C21H21N3O3/c1-27-18-9-8-15-10-14(6-7-16(15)11-18)13-23-21(26)24-19-5-3-2-4-17(19)12-20(22)25/h2-11H,12-13H2,1H3,(H2,22,25)(H2,23,24,26). The first-order valence-electron chi connectivity index (χ1n) is 8.53. The van der Waals surface area contributed by atoms with Crippen LogP contribution in [0, 0.1) is 0 Å². The van der Waals surface area contributed by atoms with Crippen LogP contribution < -0.4 is 21.1 Å². The minimum Gasteiger partial charge on any atom is -0.497 e. The third-order valence-electron chi connectivity index (χ3n) is 4.20. The van der Waals surface area contributed by atoms with Crippen LogP contribution in [0.2, 0.25) is 0 Å². The van der Waals surface area contributed by atoms with E-state index in [1.807, 2.05) is 36.4 Å². The highest BCUT2D eigenvalue weighted by Gasteiger charge is 2.08. The summed E-state index contributed by atoms with van der Waals surface area (Å²) < 4.78 is 5.23. The van der Waals surface area contributed by atoms with Gasteiger partial charge in [0.1, 0.15) is 5.75 Å². The molecule has 0 atom stereocenters. The normalized spacial score (nSPS) is 10.4. The maximum Gasteiger partial charge on any atom is 0.319 e. The molecule has 0 aromatic heterocycles. The zero-order chi connectivity index (χ0) is 19.2. The van der Waals surface area contributed by atoms with Crippen LogP contribution in [0.1, 0.15) is 11.1 Å². The molecule has 138 valence electrons. The largest absolute Gasteiger partial charge is 0.497 e. The maximum absolute atomic E-state index is 12.2. The summed E-state index contributed by atoms with van der Waals surface area (Å²) in [5, 5.41) is 7.73. The van der Waals surface area contributed by atoms with E-state index in [9.17, 15) is 9.59 Å². The molecule has 27 heavy (non-hydrogen) atoms. The first-order valence-corrected chi connectivity index (χ1v) is 8.53. The van der Waals surface area contributed by atoms with Crippen LogP contribution in [-0.2, 0) is 17.8 Å². The van der Waals surface area contributed by atoms with Crippen LogP contribution in [0.15, 0.2) is 60.7 Å². The van der Waals surface area contributed by atoms with Crippen LogP contribution in [-0.4, -0.2) is 19.0 Å². The fourth-order valence-electron chi connectivity index (χ4n) is 2.84. The Balaban J connectivity index is 1.64. The number of methoxy groups -OCH3 is 1. The minimum atomic E-state index is -0.447. The maximum atomic E-state index is 12.2. The van der Waals surface area contributed by atoms with Gasteiger partial charge in [0.2, 0.25) is 5.91 Å². The number of urea groups is 1. The molecule has 0 radical (unpaired) electrons. The molecule has 6 nitrogen and oxygen atoms in total. The van der Waals surface area contributed by atoms with E-state index < -0.39 is 5.91 Å². The Morgan fingerprint density at radius 3 is 2.52 bits per heavy atom. The van der Waals surface area contributed by atoms with Gasteiger partial charge in [0.25, 0.3) is 0 Å². The van der Waals surface area contributed by atoms with E-state index in [4.69, 9.17) is 10.5 Å². The summed E-state index contributed by atoms with van der Waals surface area (Å²) in [4.78, 5) is 23.4. The number of fused-ring (bicyclic) bond motifs is 1. The van der Waals surface area contributed by atoms with E-state index >= 15 is 0 Å². The molecule has 3 amide bonds. The molecule has 0 saturated carbocycles. The van der Waals surface area contributed by atoms with Gasteiger partial charge in [-0.1, -0.05) is 36.4 Å². The van der Waals surface area contributed by atoms with Crippen molar-refractivity contribution >= 4 is 28.4 Å². The Kier molecular flexibility index (Phi) is 5.56. The molecular formula is C21H21N3O3. The van der Waals surface area contributed by atoms with Gasteiger partial charge in [-0.25, -0.2) is 4.79 Å². The van der Waals surface area contributed by atoms with Crippen LogP contribution in [0.4, 0.5) is 10.5 Å². The number of rotatable bonds is 6. The molecule has 0 aliphatic carbocycles. The Morgan fingerprint density at radius 1 is 1.00 bits per heavy atom. The van der Waals surface area contributed by atoms with Gasteiger partial charge in [-0.05, 0) is 46.2 Å². The Hall–Kier alpha value is -3.54. The van der Waals surface area contributed by atoms with Crippen LogP contribution >= 0.6 is 0 Å². The van der Waals surface area contributed by atoms with E-state index in [2.05, 4.69) is 10.6 Å². The number of primary amides is 1. The van der Waals surface area contributed by atoms with Crippen molar-refractivity contribution in [1.82, 2.24) is 5.32 Å². The lowest BCUT2D eigenvalue weighted by Gasteiger charge is -2.11. The number of para-hydroxylation sites is 1. The average Bonchev–Trinajstić information content (AvgIpc) is 2.67. The summed E-state index contributed by atoms with van der Waals surface area (Å²) in [5.74, 6) is 0.361. The zero-order valence-electron chi connectivity index (χ0n) is 15.0. The number of ether oxygens (including phenoxy) is 1. The summed E-state index contributed by atoms with van der Waals surface area (Å²) in [6.07, 6.45) is 0.0740. The number of carbonyl (C=O) groups is 2. The SMILES string of the molecule is COc1ccc2cc(CNC(=O)Nc3ccccc3CC(N)=O)ccc2c1. The van der Waals surface area contributed by atoms with Crippen molar-refractivity contribution in [2.75, 3.05) is 12.4 Å². The summed E-state index contributed by atoms with van der Waals surface area (Å²) in [7, 11) is 1.64. The topological polar surface area (TPSA) is 93.4 Å². The molecule has 0 aliphatic rings. The average molecular weight is 363 g/mol. The molecule has 6 heteroatoms. The predicted octanol–water partition coefficient (Wildman–Crippen LogP) is 3.20. The molecule has 3 rings (SSSR count). The van der Waals surface area contributed by atoms with Gasteiger partial charge in [0, 0.05) is 12.2 Å². The summed E-state index contributed by atoms with van der Waals surface area (Å²) in [6.45, 7) is 0.381. The second kappa shape index (κ2) is 8.23. The summed E-state index contributed by atoms with van der Waals surface area (Å²) in [6, 6.07) is 18.6. The van der Waals surface area contributed by atoms with Crippen LogP contribution in [0.25, 0.3) is 10.8 Å².